The highest BCUT2D eigenvalue weighted by Crippen LogP contribution is 2.25. The summed E-state index contributed by atoms with van der Waals surface area (Å²) in [6.07, 6.45) is 0. The monoisotopic (exact) mass is 322 g/mol. The Morgan fingerprint density at radius 2 is 2.05 bits per heavy atom. The minimum absolute atomic E-state index is 0.00533. The van der Waals surface area contributed by atoms with Gasteiger partial charge in [0.1, 0.15) is 11.6 Å². The number of methoxy groups -OCH3 is 1. The Labute approximate surface area is 133 Å². The molecule has 1 amide bonds. The van der Waals surface area contributed by atoms with Crippen LogP contribution in [0.5, 0.6) is 5.75 Å². The first-order valence-electron chi connectivity index (χ1n) is 6.63. The molecular weight excluding hydrogens is 307 g/mol. The second-order valence-electron chi connectivity index (χ2n) is 4.73. The van der Waals surface area contributed by atoms with Crippen LogP contribution in [0.25, 0.3) is 0 Å². The van der Waals surface area contributed by atoms with Crippen LogP contribution < -0.4 is 15.4 Å². The van der Waals surface area contributed by atoms with E-state index in [1.54, 1.807) is 13.2 Å². The molecule has 0 aliphatic rings. The summed E-state index contributed by atoms with van der Waals surface area (Å²) >= 11 is 5.68. The van der Waals surface area contributed by atoms with Gasteiger partial charge in [-0.25, -0.2) is 4.39 Å². The number of amides is 1. The fraction of sp³-hybridized carbons (Fsp3) is 0.188. The molecule has 6 heteroatoms. The van der Waals surface area contributed by atoms with Crippen LogP contribution in [-0.2, 0) is 4.79 Å². The molecule has 0 bridgehead atoms. The number of anilines is 2. The molecule has 0 atom stereocenters. The Kier molecular flexibility index (Phi) is 5.22. The van der Waals surface area contributed by atoms with Crippen LogP contribution in [0.1, 0.15) is 5.56 Å². The van der Waals surface area contributed by atoms with E-state index in [1.807, 2.05) is 19.1 Å². The number of nitrogens with one attached hydrogen (secondary N) is 2. The molecule has 0 aromatic heterocycles. The predicted molar refractivity (Wildman–Crippen MR) is 86.3 cm³/mol. The van der Waals surface area contributed by atoms with E-state index in [0.29, 0.717) is 17.1 Å². The molecule has 2 aromatic rings. The van der Waals surface area contributed by atoms with Gasteiger partial charge in [-0.3, -0.25) is 4.79 Å². The largest absolute Gasteiger partial charge is 0.495 e. The van der Waals surface area contributed by atoms with Gasteiger partial charge in [0.05, 0.1) is 24.4 Å². The first kappa shape index (κ1) is 16.1. The van der Waals surface area contributed by atoms with Crippen molar-refractivity contribution >= 4 is 28.9 Å². The number of benzene rings is 2. The second-order valence-corrected chi connectivity index (χ2v) is 5.14. The number of carbonyl (C=O) groups excluding carboxylic acids is 1. The van der Waals surface area contributed by atoms with Gasteiger partial charge in [-0.2, -0.15) is 0 Å². The van der Waals surface area contributed by atoms with Crippen LogP contribution in [-0.4, -0.2) is 19.6 Å². The van der Waals surface area contributed by atoms with Crippen molar-refractivity contribution in [2.75, 3.05) is 24.3 Å². The van der Waals surface area contributed by atoms with E-state index in [0.717, 1.165) is 5.56 Å². The zero-order valence-electron chi connectivity index (χ0n) is 12.2. The van der Waals surface area contributed by atoms with E-state index in [2.05, 4.69) is 10.6 Å². The van der Waals surface area contributed by atoms with Gasteiger partial charge in [0, 0.05) is 5.69 Å². The lowest BCUT2D eigenvalue weighted by atomic mass is 10.2. The number of hydrogen-bond acceptors (Lipinski definition) is 3. The Morgan fingerprint density at radius 3 is 2.73 bits per heavy atom. The molecule has 0 fully saturated rings. The summed E-state index contributed by atoms with van der Waals surface area (Å²) in [6, 6.07) is 9.70. The molecule has 0 saturated heterocycles. The number of halogens is 2. The van der Waals surface area contributed by atoms with Crippen molar-refractivity contribution in [1.29, 1.82) is 0 Å². The molecule has 2 aromatic carbocycles. The molecule has 2 rings (SSSR count). The molecule has 0 aliphatic carbocycles. The summed E-state index contributed by atoms with van der Waals surface area (Å²) in [5.74, 6) is -0.158. The van der Waals surface area contributed by atoms with Gasteiger partial charge in [-0.05, 0) is 42.8 Å². The Morgan fingerprint density at radius 1 is 1.27 bits per heavy atom. The van der Waals surface area contributed by atoms with Crippen LogP contribution in [0.3, 0.4) is 0 Å². The maximum Gasteiger partial charge on any atom is 0.243 e. The van der Waals surface area contributed by atoms with Crippen molar-refractivity contribution in [1.82, 2.24) is 0 Å². The summed E-state index contributed by atoms with van der Waals surface area (Å²) in [6.45, 7) is 1.95. The van der Waals surface area contributed by atoms with E-state index in [-0.39, 0.29) is 17.5 Å². The molecule has 0 saturated carbocycles. The fourth-order valence-corrected chi connectivity index (χ4v) is 2.08. The molecule has 0 heterocycles. The van der Waals surface area contributed by atoms with E-state index in [4.69, 9.17) is 16.3 Å². The number of ether oxygens (including phenoxy) is 1. The van der Waals surface area contributed by atoms with E-state index >= 15 is 0 Å². The average molecular weight is 323 g/mol. The maximum atomic E-state index is 13.1. The van der Waals surface area contributed by atoms with Crippen molar-refractivity contribution in [3.63, 3.8) is 0 Å². The highest BCUT2D eigenvalue weighted by Gasteiger charge is 2.08. The molecule has 0 unspecified atom stereocenters. The van der Waals surface area contributed by atoms with Gasteiger partial charge in [0.25, 0.3) is 0 Å². The normalized spacial score (nSPS) is 10.2. The lowest BCUT2D eigenvalue weighted by Crippen LogP contribution is -2.22. The van der Waals surface area contributed by atoms with E-state index < -0.39 is 5.82 Å². The zero-order valence-corrected chi connectivity index (χ0v) is 13.0. The zero-order chi connectivity index (χ0) is 16.1. The first-order valence-corrected chi connectivity index (χ1v) is 7.01. The lowest BCUT2D eigenvalue weighted by Gasteiger charge is -2.12. The van der Waals surface area contributed by atoms with E-state index in [9.17, 15) is 9.18 Å². The number of carbonyl (C=O) groups is 1. The highest BCUT2D eigenvalue weighted by molar-refractivity contribution is 6.31. The summed E-state index contributed by atoms with van der Waals surface area (Å²) < 4.78 is 18.3. The molecule has 2 N–H and O–H groups in total. The third-order valence-electron chi connectivity index (χ3n) is 3.00. The van der Waals surface area contributed by atoms with Crippen molar-refractivity contribution in [2.24, 2.45) is 0 Å². The maximum absolute atomic E-state index is 13.1. The smallest absolute Gasteiger partial charge is 0.243 e. The van der Waals surface area contributed by atoms with Crippen LogP contribution in [0.15, 0.2) is 36.4 Å². The average Bonchev–Trinajstić information content (AvgIpc) is 2.49. The van der Waals surface area contributed by atoms with Crippen molar-refractivity contribution in [3.8, 4) is 5.75 Å². The molecule has 0 aliphatic heterocycles. The van der Waals surface area contributed by atoms with Crippen molar-refractivity contribution in [2.45, 2.75) is 6.92 Å². The minimum atomic E-state index is -0.499. The summed E-state index contributed by atoms with van der Waals surface area (Å²) in [5.41, 5.74) is 2.18. The fourth-order valence-electron chi connectivity index (χ4n) is 1.90. The SMILES string of the molecule is COc1ccc(C)cc1NC(=O)CNc1ccc(F)c(Cl)c1. The van der Waals surface area contributed by atoms with Gasteiger partial charge in [-0.1, -0.05) is 17.7 Å². The van der Waals surface area contributed by atoms with Crippen LogP contribution >= 0.6 is 11.6 Å². The van der Waals surface area contributed by atoms with Gasteiger partial charge < -0.3 is 15.4 Å². The van der Waals surface area contributed by atoms with Gasteiger partial charge in [0.15, 0.2) is 0 Å². The second kappa shape index (κ2) is 7.13. The minimum Gasteiger partial charge on any atom is -0.495 e. The van der Waals surface area contributed by atoms with Crippen molar-refractivity contribution in [3.05, 3.63) is 52.8 Å². The van der Waals surface area contributed by atoms with Gasteiger partial charge >= 0.3 is 0 Å². The number of aryl methyl sites for hydroxylation is 1. The molecule has 0 radical (unpaired) electrons. The van der Waals surface area contributed by atoms with E-state index in [1.165, 1.54) is 18.2 Å². The Hall–Kier alpha value is -2.27. The van der Waals surface area contributed by atoms with Gasteiger partial charge in [0.2, 0.25) is 5.91 Å². The molecule has 22 heavy (non-hydrogen) atoms. The predicted octanol–water partition coefficient (Wildman–Crippen LogP) is 3.85. The summed E-state index contributed by atoms with van der Waals surface area (Å²) in [5, 5.41) is 5.65. The Balaban J connectivity index is 1.98. The standard InChI is InChI=1S/C16H16ClFN2O2/c1-10-3-6-15(22-2)14(7-10)20-16(21)9-19-11-4-5-13(18)12(17)8-11/h3-8,19H,9H2,1-2H3,(H,20,21). The van der Waals surface area contributed by atoms with Crippen LogP contribution in [0.4, 0.5) is 15.8 Å². The van der Waals surface area contributed by atoms with Gasteiger partial charge in [-0.15, -0.1) is 0 Å². The van der Waals surface area contributed by atoms with Crippen molar-refractivity contribution < 1.29 is 13.9 Å². The quantitative estimate of drug-likeness (QED) is 0.879. The van der Waals surface area contributed by atoms with Crippen LogP contribution in [0, 0.1) is 12.7 Å². The van der Waals surface area contributed by atoms with Crippen LogP contribution in [0.2, 0.25) is 5.02 Å². The molecular formula is C16H16ClFN2O2. The number of rotatable bonds is 5. The molecule has 116 valence electrons. The number of hydrogen-bond donors (Lipinski definition) is 2. The third-order valence-corrected chi connectivity index (χ3v) is 3.29. The Bertz CT molecular complexity index is 692. The first-order chi connectivity index (χ1) is 10.5. The topological polar surface area (TPSA) is 50.4 Å². The molecule has 4 nitrogen and oxygen atoms in total. The summed E-state index contributed by atoms with van der Waals surface area (Å²) in [4.78, 5) is 12.0. The molecule has 0 spiro atoms. The highest BCUT2D eigenvalue weighted by atomic mass is 35.5. The summed E-state index contributed by atoms with van der Waals surface area (Å²) in [7, 11) is 1.54. The lowest BCUT2D eigenvalue weighted by molar-refractivity contribution is -0.114. The third kappa shape index (κ3) is 4.11.